The first-order chi connectivity index (χ1) is 8.06. The van der Waals surface area contributed by atoms with Gasteiger partial charge in [-0.1, -0.05) is 30.3 Å². The summed E-state index contributed by atoms with van der Waals surface area (Å²) in [6.07, 6.45) is 3.39. The van der Waals surface area contributed by atoms with Crippen molar-refractivity contribution in [2.45, 2.75) is 38.4 Å². The van der Waals surface area contributed by atoms with Crippen LogP contribution in [0.5, 0.6) is 0 Å². The lowest BCUT2D eigenvalue weighted by molar-refractivity contribution is 0.310. The maximum Gasteiger partial charge on any atom is 0.121 e. The molecule has 86 valence electrons. The predicted molar refractivity (Wildman–Crippen MR) is 68.7 cm³/mol. The van der Waals surface area contributed by atoms with E-state index in [2.05, 4.69) is 51.1 Å². The highest BCUT2D eigenvalue weighted by Crippen LogP contribution is 2.63. The van der Waals surface area contributed by atoms with Crippen molar-refractivity contribution in [3.8, 4) is 0 Å². The molecule has 4 rings (SSSR count). The molecule has 1 heteroatoms. The van der Waals surface area contributed by atoms with E-state index in [9.17, 15) is 0 Å². The molecule has 1 fully saturated rings. The van der Waals surface area contributed by atoms with Crippen LogP contribution in [0, 0.1) is 0 Å². The monoisotopic (exact) mass is 224 g/mol. The van der Waals surface area contributed by atoms with Crippen molar-refractivity contribution in [3.63, 3.8) is 0 Å². The summed E-state index contributed by atoms with van der Waals surface area (Å²) < 4.78 is 6.08. The van der Waals surface area contributed by atoms with E-state index in [1.807, 2.05) is 0 Å². The zero-order chi connectivity index (χ0) is 11.8. The van der Waals surface area contributed by atoms with Crippen LogP contribution in [0.1, 0.15) is 31.9 Å². The summed E-state index contributed by atoms with van der Waals surface area (Å²) in [7, 11) is 0. The second kappa shape index (κ2) is 2.56. The topological polar surface area (TPSA) is 12.5 Å². The largest absolute Gasteiger partial charge is 0.354 e. The van der Waals surface area contributed by atoms with Crippen LogP contribution in [-0.2, 0) is 11.2 Å². The zero-order valence-corrected chi connectivity index (χ0v) is 10.5. The molecule has 0 aromatic heterocycles. The molecule has 0 spiro atoms. The Bertz CT molecular complexity index is 608. The number of epoxide rings is 1. The fourth-order valence-electron chi connectivity index (χ4n) is 3.52. The first kappa shape index (κ1) is 9.67. The zero-order valence-electron chi connectivity index (χ0n) is 10.5. The second-order valence-electron chi connectivity index (χ2n) is 5.72. The molecule has 17 heavy (non-hydrogen) atoms. The number of hydrogen-bond acceptors (Lipinski definition) is 1. The van der Waals surface area contributed by atoms with Crippen LogP contribution in [0.2, 0.25) is 0 Å². The van der Waals surface area contributed by atoms with E-state index in [4.69, 9.17) is 4.74 Å². The number of hydrogen-bond donors (Lipinski definition) is 0. The van der Waals surface area contributed by atoms with Gasteiger partial charge in [0, 0.05) is 0 Å². The van der Waals surface area contributed by atoms with Crippen LogP contribution < -0.4 is 0 Å². The van der Waals surface area contributed by atoms with Gasteiger partial charge in [0.1, 0.15) is 11.2 Å². The minimum Gasteiger partial charge on any atom is -0.354 e. The summed E-state index contributed by atoms with van der Waals surface area (Å²) >= 11 is 0. The number of ether oxygens (including phenoxy) is 1. The van der Waals surface area contributed by atoms with Gasteiger partial charge in [0.2, 0.25) is 0 Å². The smallest absolute Gasteiger partial charge is 0.121 e. The van der Waals surface area contributed by atoms with Crippen LogP contribution in [0.25, 0.3) is 5.57 Å². The Kier molecular flexibility index (Phi) is 1.46. The lowest BCUT2D eigenvalue weighted by Crippen LogP contribution is -2.26. The molecule has 0 amide bonds. The van der Waals surface area contributed by atoms with Crippen LogP contribution in [0.15, 0.2) is 41.5 Å². The average molecular weight is 224 g/mol. The van der Waals surface area contributed by atoms with Crippen molar-refractivity contribution in [2.75, 3.05) is 0 Å². The van der Waals surface area contributed by atoms with E-state index in [1.54, 1.807) is 0 Å². The van der Waals surface area contributed by atoms with Crippen molar-refractivity contribution in [2.24, 2.45) is 0 Å². The molecule has 1 nitrogen and oxygen atoms in total. The molecular formula is C16H16O. The molecule has 1 saturated heterocycles. The molecular weight excluding hydrogens is 208 g/mol. The van der Waals surface area contributed by atoms with Crippen molar-refractivity contribution in [3.05, 3.63) is 52.6 Å². The molecule has 2 aliphatic carbocycles. The van der Waals surface area contributed by atoms with Gasteiger partial charge in [-0.15, -0.1) is 0 Å². The van der Waals surface area contributed by atoms with Crippen molar-refractivity contribution < 1.29 is 4.74 Å². The molecule has 0 bridgehead atoms. The molecule has 2 unspecified atom stereocenters. The minimum absolute atomic E-state index is 0.0477. The van der Waals surface area contributed by atoms with E-state index < -0.39 is 0 Å². The Morgan fingerprint density at radius 3 is 2.71 bits per heavy atom. The molecule has 1 aromatic carbocycles. The minimum atomic E-state index is -0.0554. The Hall–Kier alpha value is -1.34. The number of allylic oxidation sites excluding steroid dienone is 2. The van der Waals surface area contributed by atoms with Gasteiger partial charge in [-0.3, -0.25) is 0 Å². The fraction of sp³-hybridized carbons (Fsp3) is 0.375. The standard InChI is InChI=1S/C16H16O/c1-10-8-13-12-7-5-4-6-11(12)9-14(13)16(3)15(10,2)17-16/h4-8H,9H2,1-3H3. The summed E-state index contributed by atoms with van der Waals surface area (Å²) in [5, 5.41) is 0. The highest BCUT2D eigenvalue weighted by atomic mass is 16.6. The average Bonchev–Trinajstić information content (AvgIpc) is 2.73. The van der Waals surface area contributed by atoms with Crippen molar-refractivity contribution in [1.82, 2.24) is 0 Å². The summed E-state index contributed by atoms with van der Waals surface area (Å²) in [6.45, 7) is 6.65. The van der Waals surface area contributed by atoms with Gasteiger partial charge in [-0.05, 0) is 55.0 Å². The summed E-state index contributed by atoms with van der Waals surface area (Å²) in [6, 6.07) is 8.72. The molecule has 0 N–H and O–H groups in total. The van der Waals surface area contributed by atoms with Crippen molar-refractivity contribution >= 4 is 5.57 Å². The first-order valence-corrected chi connectivity index (χ1v) is 6.27. The lowest BCUT2D eigenvalue weighted by Gasteiger charge is -2.21. The van der Waals surface area contributed by atoms with Crippen LogP contribution in [-0.4, -0.2) is 11.2 Å². The fourth-order valence-corrected chi connectivity index (χ4v) is 3.52. The van der Waals surface area contributed by atoms with E-state index in [0.29, 0.717) is 0 Å². The first-order valence-electron chi connectivity index (χ1n) is 6.27. The third-order valence-corrected chi connectivity index (χ3v) is 4.97. The molecule has 1 aliphatic heterocycles. The third-order valence-electron chi connectivity index (χ3n) is 4.97. The van der Waals surface area contributed by atoms with Gasteiger partial charge in [0.15, 0.2) is 0 Å². The van der Waals surface area contributed by atoms with E-state index in [1.165, 1.54) is 27.8 Å². The van der Waals surface area contributed by atoms with E-state index in [-0.39, 0.29) is 11.2 Å². The van der Waals surface area contributed by atoms with Gasteiger partial charge < -0.3 is 4.74 Å². The van der Waals surface area contributed by atoms with Crippen LogP contribution >= 0.6 is 0 Å². The van der Waals surface area contributed by atoms with Gasteiger partial charge in [-0.25, -0.2) is 0 Å². The number of benzene rings is 1. The number of fused-ring (bicyclic) bond motifs is 4. The van der Waals surface area contributed by atoms with E-state index >= 15 is 0 Å². The number of rotatable bonds is 0. The predicted octanol–water partition coefficient (Wildman–Crippen LogP) is 3.50. The summed E-state index contributed by atoms with van der Waals surface area (Å²) in [5.74, 6) is 0. The lowest BCUT2D eigenvalue weighted by atomic mass is 9.77. The van der Waals surface area contributed by atoms with Gasteiger partial charge in [-0.2, -0.15) is 0 Å². The Morgan fingerprint density at radius 1 is 1.12 bits per heavy atom. The highest BCUT2D eigenvalue weighted by molar-refractivity contribution is 5.88. The highest BCUT2D eigenvalue weighted by Gasteiger charge is 2.68. The Morgan fingerprint density at radius 2 is 1.88 bits per heavy atom. The molecule has 0 saturated carbocycles. The molecule has 1 heterocycles. The maximum absolute atomic E-state index is 6.08. The van der Waals surface area contributed by atoms with Gasteiger partial charge in [0.05, 0.1) is 0 Å². The Labute approximate surface area is 102 Å². The summed E-state index contributed by atoms with van der Waals surface area (Å²) in [4.78, 5) is 0. The third kappa shape index (κ3) is 0.916. The maximum atomic E-state index is 6.08. The van der Waals surface area contributed by atoms with Gasteiger partial charge in [0.25, 0.3) is 0 Å². The van der Waals surface area contributed by atoms with Crippen LogP contribution in [0.3, 0.4) is 0 Å². The molecule has 2 atom stereocenters. The Balaban J connectivity index is 1.97. The van der Waals surface area contributed by atoms with Gasteiger partial charge >= 0.3 is 0 Å². The quantitative estimate of drug-likeness (QED) is 0.614. The van der Waals surface area contributed by atoms with E-state index in [0.717, 1.165) is 6.42 Å². The van der Waals surface area contributed by atoms with Crippen molar-refractivity contribution in [1.29, 1.82) is 0 Å². The normalized spacial score (nSPS) is 37.2. The SMILES string of the molecule is CC1=CC2=C(Cc3ccccc32)C2(C)OC12C. The molecule has 0 radical (unpaired) electrons. The summed E-state index contributed by atoms with van der Waals surface area (Å²) in [5.41, 5.74) is 7.00. The molecule has 3 aliphatic rings. The second-order valence-corrected chi connectivity index (χ2v) is 5.72. The van der Waals surface area contributed by atoms with Crippen LogP contribution in [0.4, 0.5) is 0 Å². The molecule has 1 aromatic rings.